The summed E-state index contributed by atoms with van der Waals surface area (Å²) in [6, 6.07) is -0.961. The summed E-state index contributed by atoms with van der Waals surface area (Å²) in [5.74, 6) is 4.78. The fourth-order valence-corrected chi connectivity index (χ4v) is 11.7. The van der Waals surface area contributed by atoms with Crippen molar-refractivity contribution in [2.75, 3.05) is 52.7 Å². The monoisotopic (exact) mass is 822 g/mol. The minimum absolute atomic E-state index is 0.0742. The molecule has 5 rings (SSSR count). The largest absolute Gasteiger partial charge is 0.446 e. The van der Waals surface area contributed by atoms with Gasteiger partial charge in [0, 0.05) is 32.5 Å². The Morgan fingerprint density at radius 3 is 2.43 bits per heavy atom. The number of fused-ring (bicyclic) bond motifs is 5. The summed E-state index contributed by atoms with van der Waals surface area (Å²) in [7, 11) is 0. The number of ether oxygens (including phenoxy) is 5. The third kappa shape index (κ3) is 12.0. The summed E-state index contributed by atoms with van der Waals surface area (Å²) in [6.07, 6.45) is 12.6. The van der Waals surface area contributed by atoms with Crippen LogP contribution in [0.1, 0.15) is 125 Å². The number of rotatable bonds is 22. The number of nitrogens with two attached hydrogens (primary N) is 1. The Labute approximate surface area is 348 Å². The molecule has 0 spiro atoms. The molecule has 334 valence electrons. The van der Waals surface area contributed by atoms with Crippen LogP contribution in [-0.2, 0) is 28.5 Å². The molecule has 5 aliphatic rings. The van der Waals surface area contributed by atoms with Gasteiger partial charge in [-0.1, -0.05) is 65.5 Å². The van der Waals surface area contributed by atoms with Crippen LogP contribution < -0.4 is 16.4 Å². The highest BCUT2D eigenvalue weighted by molar-refractivity contribution is 5.75. The molecule has 2 amide bonds. The lowest BCUT2D eigenvalue weighted by molar-refractivity contribution is -0.265. The molecule has 1 heterocycles. The SMILES string of the molecule is CC(C)CCC[C@H](C)[C@@H]1CCC2C3CC=C4CC(OC(=O)NCCOCCOCCCNC(=O)CCCOC5OC(CO)C(O)C(O)C5N)CC[C@@]4(C)C3CC[C@]21C. The smallest absolute Gasteiger partial charge is 0.407 e. The average Bonchev–Trinajstić information content (AvgIpc) is 3.55. The summed E-state index contributed by atoms with van der Waals surface area (Å²) >= 11 is 0. The van der Waals surface area contributed by atoms with Crippen LogP contribution in [0.4, 0.5) is 4.79 Å². The lowest BCUT2D eigenvalue weighted by atomic mass is 9.47. The van der Waals surface area contributed by atoms with Gasteiger partial charge in [0.1, 0.15) is 24.4 Å². The maximum absolute atomic E-state index is 12.7. The molecule has 0 bridgehead atoms. The normalized spacial score (nSPS) is 36.3. The molecule has 4 aliphatic carbocycles. The summed E-state index contributed by atoms with van der Waals surface area (Å²) in [4.78, 5) is 24.8. The first-order valence-electron chi connectivity index (χ1n) is 22.8. The van der Waals surface area contributed by atoms with Crippen molar-refractivity contribution >= 4 is 12.0 Å². The Hall–Kier alpha value is -1.84. The second-order valence-electron chi connectivity index (χ2n) is 19.2. The first kappa shape index (κ1) is 47.2. The van der Waals surface area contributed by atoms with Crippen LogP contribution in [-0.4, -0.2) is 117 Å². The fraction of sp³-hybridized carbons (Fsp3) is 0.911. The third-order valence-corrected chi connectivity index (χ3v) is 15.0. The lowest BCUT2D eigenvalue weighted by Gasteiger charge is -2.58. The molecule has 0 aromatic heterocycles. The van der Waals surface area contributed by atoms with Crippen molar-refractivity contribution < 1.29 is 48.6 Å². The number of carbonyl (C=O) groups is 2. The molecule has 13 atom stereocenters. The van der Waals surface area contributed by atoms with E-state index in [4.69, 9.17) is 29.4 Å². The minimum atomic E-state index is -1.29. The number of amides is 2. The average molecular weight is 822 g/mol. The van der Waals surface area contributed by atoms with E-state index >= 15 is 0 Å². The van der Waals surface area contributed by atoms with Crippen molar-refractivity contribution in [1.82, 2.24) is 10.6 Å². The first-order valence-corrected chi connectivity index (χ1v) is 22.8. The van der Waals surface area contributed by atoms with Gasteiger partial charge in [-0.3, -0.25) is 4.79 Å². The van der Waals surface area contributed by atoms with Crippen molar-refractivity contribution in [2.24, 2.45) is 52.1 Å². The zero-order chi connectivity index (χ0) is 41.9. The molecule has 13 nitrogen and oxygen atoms in total. The van der Waals surface area contributed by atoms with E-state index in [1.165, 1.54) is 56.9 Å². The minimum Gasteiger partial charge on any atom is -0.446 e. The molecule has 0 aromatic rings. The zero-order valence-electron chi connectivity index (χ0n) is 36.3. The fourth-order valence-electron chi connectivity index (χ4n) is 11.7. The van der Waals surface area contributed by atoms with Gasteiger partial charge in [0.2, 0.25) is 5.91 Å². The predicted molar refractivity (Wildman–Crippen MR) is 222 cm³/mol. The standard InChI is InChI=1S/C45H79N3O10/c1-29(2)9-6-10-30(3)34-14-15-35-33-13-12-31-27-32(16-18-44(31,4)36(33)17-19-45(34,35)5)57-43(53)48-21-24-55-26-25-54-22-8-20-47-38(50)11-7-23-56-42-39(46)41(52)40(51)37(28-49)58-42/h12,29-30,32-37,39-42,49,51-52H,6-11,13-28,46H2,1-5H3,(H,47,50)(H,48,53)/t30-,32?,33?,34-,35?,36?,37?,39?,40?,41?,42?,44+,45-/m0/s1. The second kappa shape index (κ2) is 22.3. The number of aliphatic hydroxyl groups excluding tert-OH is 3. The number of nitrogens with one attached hydrogen (secondary N) is 2. The van der Waals surface area contributed by atoms with Crippen molar-refractivity contribution in [3.8, 4) is 0 Å². The van der Waals surface area contributed by atoms with Gasteiger partial charge in [-0.2, -0.15) is 0 Å². The molecule has 3 saturated carbocycles. The van der Waals surface area contributed by atoms with Crippen LogP contribution in [0.15, 0.2) is 11.6 Å². The molecule has 13 heteroatoms. The molecule has 1 aliphatic heterocycles. The van der Waals surface area contributed by atoms with E-state index in [9.17, 15) is 24.9 Å². The van der Waals surface area contributed by atoms with Crippen LogP contribution in [0.3, 0.4) is 0 Å². The summed E-state index contributed by atoms with van der Waals surface area (Å²) in [5.41, 5.74) is 8.11. The van der Waals surface area contributed by atoms with Crippen LogP contribution >= 0.6 is 0 Å². The van der Waals surface area contributed by atoms with Crippen LogP contribution in [0.5, 0.6) is 0 Å². The van der Waals surface area contributed by atoms with E-state index in [-0.39, 0.29) is 36.5 Å². The number of aliphatic hydroxyl groups is 3. The Bertz CT molecular complexity index is 1320. The number of hydrogen-bond donors (Lipinski definition) is 6. The number of carbonyl (C=O) groups excluding carboxylic acids is 2. The van der Waals surface area contributed by atoms with Gasteiger partial charge < -0.3 is 55.4 Å². The van der Waals surface area contributed by atoms with Gasteiger partial charge >= 0.3 is 6.09 Å². The Balaban J connectivity index is 0.874. The van der Waals surface area contributed by atoms with Crippen molar-refractivity contribution in [3.63, 3.8) is 0 Å². The van der Waals surface area contributed by atoms with Crippen LogP contribution in [0, 0.1) is 46.3 Å². The van der Waals surface area contributed by atoms with Gasteiger partial charge in [-0.15, -0.1) is 0 Å². The van der Waals surface area contributed by atoms with Gasteiger partial charge in [-0.25, -0.2) is 4.79 Å². The van der Waals surface area contributed by atoms with Crippen molar-refractivity contribution in [3.05, 3.63) is 11.6 Å². The number of allylic oxidation sites excluding steroid dienone is 1. The summed E-state index contributed by atoms with van der Waals surface area (Å²) in [5, 5.41) is 34.9. The molecule has 9 unspecified atom stereocenters. The van der Waals surface area contributed by atoms with E-state index in [2.05, 4.69) is 51.3 Å². The number of hydrogen-bond acceptors (Lipinski definition) is 11. The lowest BCUT2D eigenvalue weighted by Crippen LogP contribution is -2.62. The van der Waals surface area contributed by atoms with E-state index in [1.807, 2.05) is 0 Å². The third-order valence-electron chi connectivity index (χ3n) is 15.0. The van der Waals surface area contributed by atoms with E-state index in [0.29, 0.717) is 57.8 Å². The van der Waals surface area contributed by atoms with E-state index < -0.39 is 37.3 Å². The Morgan fingerprint density at radius 2 is 1.67 bits per heavy atom. The molecule has 58 heavy (non-hydrogen) atoms. The topological polar surface area (TPSA) is 191 Å². The van der Waals surface area contributed by atoms with Crippen molar-refractivity contribution in [1.29, 1.82) is 0 Å². The molecular formula is C45H79N3O10. The highest BCUT2D eigenvalue weighted by Crippen LogP contribution is 2.67. The van der Waals surface area contributed by atoms with Gasteiger partial charge in [0.15, 0.2) is 6.29 Å². The molecule has 1 saturated heterocycles. The highest BCUT2D eigenvalue weighted by atomic mass is 16.7. The first-order chi connectivity index (χ1) is 27.8. The van der Waals surface area contributed by atoms with Gasteiger partial charge in [0.05, 0.1) is 39.1 Å². The highest BCUT2D eigenvalue weighted by Gasteiger charge is 2.59. The van der Waals surface area contributed by atoms with Gasteiger partial charge in [-0.05, 0) is 104 Å². The molecular weight excluding hydrogens is 743 g/mol. The summed E-state index contributed by atoms with van der Waals surface area (Å²) in [6.45, 7) is 14.7. The van der Waals surface area contributed by atoms with E-state index in [1.54, 1.807) is 0 Å². The Kier molecular flexibility index (Phi) is 18.2. The van der Waals surface area contributed by atoms with Crippen LogP contribution in [0.2, 0.25) is 0 Å². The van der Waals surface area contributed by atoms with Crippen LogP contribution in [0.25, 0.3) is 0 Å². The summed E-state index contributed by atoms with van der Waals surface area (Å²) < 4.78 is 28.1. The molecule has 7 N–H and O–H groups in total. The van der Waals surface area contributed by atoms with E-state index in [0.717, 1.165) is 54.8 Å². The molecule has 0 aromatic carbocycles. The zero-order valence-corrected chi connectivity index (χ0v) is 36.3. The van der Waals surface area contributed by atoms with Crippen molar-refractivity contribution in [2.45, 2.75) is 161 Å². The maximum Gasteiger partial charge on any atom is 0.407 e. The quantitative estimate of drug-likeness (QED) is 0.0620. The Morgan fingerprint density at radius 1 is 0.897 bits per heavy atom. The van der Waals surface area contributed by atoms with Gasteiger partial charge in [0.25, 0.3) is 0 Å². The second-order valence-corrected chi connectivity index (χ2v) is 19.2. The molecule has 4 fully saturated rings. The predicted octanol–water partition coefficient (Wildman–Crippen LogP) is 5.23. The maximum atomic E-state index is 12.7. The number of alkyl carbamates (subject to hydrolysis) is 1. The molecule has 0 radical (unpaired) electrons.